The molecule has 0 bridgehead atoms. The molecule has 1 aromatic carbocycles. The standard InChI is InChI=1S/C17H28O3S3Si/c1-5-13-22-17(21)23-14-15-9-11-16(12-10-15)24(18-6-2,19-7-3)20-8-4/h9-12H,5-8,13-14H2,1-4H3. The average molecular weight is 405 g/mol. The average Bonchev–Trinajstić information content (AvgIpc) is 2.59. The zero-order chi connectivity index (χ0) is 17.8. The molecule has 0 aliphatic rings. The van der Waals surface area contributed by atoms with Gasteiger partial charge in [-0.05, 0) is 38.5 Å². The molecule has 0 amide bonds. The number of hydrogen-bond donors (Lipinski definition) is 0. The third-order valence-corrected chi connectivity index (χ3v) is 9.11. The summed E-state index contributed by atoms with van der Waals surface area (Å²) in [5, 5.41) is 1.02. The van der Waals surface area contributed by atoms with E-state index in [2.05, 4.69) is 31.2 Å². The highest BCUT2D eigenvalue weighted by atomic mass is 32.2. The SMILES string of the molecule is CCCSC(=S)SCc1ccc([Si](OCC)(OCC)OCC)cc1. The third-order valence-electron chi connectivity index (χ3n) is 3.09. The summed E-state index contributed by atoms with van der Waals surface area (Å²) in [7, 11) is -2.79. The molecule has 0 radical (unpaired) electrons. The van der Waals surface area contributed by atoms with E-state index >= 15 is 0 Å². The van der Waals surface area contributed by atoms with Gasteiger partial charge < -0.3 is 13.3 Å². The van der Waals surface area contributed by atoms with E-state index in [-0.39, 0.29) is 0 Å². The van der Waals surface area contributed by atoms with Crippen molar-refractivity contribution in [1.29, 1.82) is 0 Å². The van der Waals surface area contributed by atoms with Crippen LogP contribution in [0.15, 0.2) is 24.3 Å². The Bertz CT molecular complexity index is 465. The van der Waals surface area contributed by atoms with E-state index in [4.69, 9.17) is 25.5 Å². The highest BCUT2D eigenvalue weighted by Crippen LogP contribution is 2.22. The molecular weight excluding hydrogens is 376 g/mol. The normalized spacial score (nSPS) is 11.7. The molecule has 1 aromatic rings. The summed E-state index contributed by atoms with van der Waals surface area (Å²) >= 11 is 8.87. The fourth-order valence-electron chi connectivity index (χ4n) is 2.12. The largest absolute Gasteiger partial charge is 0.537 e. The fraction of sp³-hybridized carbons (Fsp3) is 0.588. The fourth-order valence-corrected chi connectivity index (χ4v) is 6.62. The Balaban J connectivity index is 2.77. The highest BCUT2D eigenvalue weighted by Gasteiger charge is 2.43. The number of hydrogen-bond acceptors (Lipinski definition) is 6. The van der Waals surface area contributed by atoms with E-state index in [1.807, 2.05) is 20.8 Å². The first-order valence-electron chi connectivity index (χ1n) is 8.42. The predicted octanol–water partition coefficient (Wildman–Crippen LogP) is 4.60. The molecule has 7 heteroatoms. The van der Waals surface area contributed by atoms with Crippen molar-refractivity contribution in [3.8, 4) is 0 Å². The zero-order valence-electron chi connectivity index (χ0n) is 15.0. The van der Waals surface area contributed by atoms with Crippen molar-refractivity contribution in [1.82, 2.24) is 0 Å². The van der Waals surface area contributed by atoms with Gasteiger partial charge in [-0.25, -0.2) is 0 Å². The summed E-state index contributed by atoms with van der Waals surface area (Å²) in [5.74, 6) is 1.98. The van der Waals surface area contributed by atoms with Gasteiger partial charge in [-0.15, -0.1) is 23.5 Å². The van der Waals surface area contributed by atoms with Gasteiger partial charge in [0, 0.05) is 30.8 Å². The summed E-state index contributed by atoms with van der Waals surface area (Å²) in [5.41, 5.74) is 1.25. The Hall–Kier alpha value is 0.107. The summed E-state index contributed by atoms with van der Waals surface area (Å²) in [6.07, 6.45) is 1.15. The molecule has 0 heterocycles. The molecule has 24 heavy (non-hydrogen) atoms. The van der Waals surface area contributed by atoms with Crippen molar-refractivity contribution in [3.63, 3.8) is 0 Å². The van der Waals surface area contributed by atoms with Crippen LogP contribution in [0.3, 0.4) is 0 Å². The van der Waals surface area contributed by atoms with Gasteiger partial charge in [0.1, 0.15) is 3.53 Å². The van der Waals surface area contributed by atoms with Crippen LogP contribution in [0.2, 0.25) is 0 Å². The lowest BCUT2D eigenvalue weighted by Gasteiger charge is -2.28. The lowest BCUT2D eigenvalue weighted by atomic mass is 10.2. The number of benzene rings is 1. The molecule has 0 saturated heterocycles. The van der Waals surface area contributed by atoms with Crippen LogP contribution in [0, 0.1) is 0 Å². The third kappa shape index (κ3) is 7.15. The monoisotopic (exact) mass is 404 g/mol. The summed E-state index contributed by atoms with van der Waals surface area (Å²) in [6, 6.07) is 8.39. The van der Waals surface area contributed by atoms with Gasteiger partial charge in [0.2, 0.25) is 0 Å². The Morgan fingerprint density at radius 1 is 0.917 bits per heavy atom. The topological polar surface area (TPSA) is 27.7 Å². The second-order valence-electron chi connectivity index (χ2n) is 4.94. The van der Waals surface area contributed by atoms with Gasteiger partial charge >= 0.3 is 8.80 Å². The molecule has 0 unspecified atom stereocenters. The summed E-state index contributed by atoms with van der Waals surface area (Å²) < 4.78 is 18.8. The molecule has 0 aliphatic heterocycles. The van der Waals surface area contributed by atoms with Crippen LogP contribution >= 0.6 is 35.7 Å². The second-order valence-corrected chi connectivity index (χ2v) is 10.8. The number of rotatable bonds is 11. The minimum Gasteiger partial charge on any atom is -0.370 e. The minimum atomic E-state index is -2.79. The number of thiocarbonyl (C=S) groups is 1. The zero-order valence-corrected chi connectivity index (χ0v) is 18.5. The lowest BCUT2D eigenvalue weighted by molar-refractivity contribution is 0.0859. The van der Waals surface area contributed by atoms with Gasteiger partial charge in [0.05, 0.1) is 0 Å². The smallest absolute Gasteiger partial charge is 0.370 e. The molecule has 0 saturated carbocycles. The van der Waals surface area contributed by atoms with E-state index in [0.29, 0.717) is 19.8 Å². The van der Waals surface area contributed by atoms with Gasteiger partial charge in [-0.3, -0.25) is 0 Å². The van der Waals surface area contributed by atoms with Gasteiger partial charge in [-0.2, -0.15) is 0 Å². The molecule has 0 aliphatic carbocycles. The minimum absolute atomic E-state index is 0.576. The van der Waals surface area contributed by atoms with Crippen LogP contribution in [0.1, 0.15) is 39.7 Å². The van der Waals surface area contributed by atoms with Crippen LogP contribution in [-0.4, -0.2) is 37.9 Å². The molecular formula is C17H28O3S3Si. The van der Waals surface area contributed by atoms with Crippen LogP contribution in [0.5, 0.6) is 0 Å². The van der Waals surface area contributed by atoms with Gasteiger partial charge in [0.15, 0.2) is 0 Å². The van der Waals surface area contributed by atoms with E-state index in [1.165, 1.54) is 5.56 Å². The molecule has 3 nitrogen and oxygen atoms in total. The Morgan fingerprint density at radius 2 is 1.46 bits per heavy atom. The first-order chi connectivity index (χ1) is 11.6. The van der Waals surface area contributed by atoms with E-state index in [9.17, 15) is 0 Å². The van der Waals surface area contributed by atoms with Crippen LogP contribution in [0.25, 0.3) is 0 Å². The van der Waals surface area contributed by atoms with Gasteiger partial charge in [0.25, 0.3) is 0 Å². The predicted molar refractivity (Wildman–Crippen MR) is 113 cm³/mol. The van der Waals surface area contributed by atoms with Crippen LogP contribution in [-0.2, 0) is 19.0 Å². The van der Waals surface area contributed by atoms with Crippen molar-refractivity contribution in [2.45, 2.75) is 39.9 Å². The second kappa shape index (κ2) is 12.5. The van der Waals surface area contributed by atoms with Crippen molar-refractivity contribution in [2.75, 3.05) is 25.6 Å². The van der Waals surface area contributed by atoms with Crippen molar-refractivity contribution >= 4 is 53.3 Å². The van der Waals surface area contributed by atoms with Crippen LogP contribution in [0.4, 0.5) is 0 Å². The van der Waals surface area contributed by atoms with Crippen molar-refractivity contribution < 1.29 is 13.3 Å². The molecule has 1 rings (SSSR count). The summed E-state index contributed by atoms with van der Waals surface area (Å²) in [6.45, 7) is 9.82. The molecule has 136 valence electrons. The molecule has 0 aromatic heterocycles. The molecule has 0 N–H and O–H groups in total. The summed E-state index contributed by atoms with van der Waals surface area (Å²) in [4.78, 5) is 0. The molecule has 0 fully saturated rings. The Morgan fingerprint density at radius 3 is 1.92 bits per heavy atom. The van der Waals surface area contributed by atoms with E-state index in [0.717, 1.165) is 26.6 Å². The lowest BCUT2D eigenvalue weighted by Crippen LogP contribution is -2.56. The van der Waals surface area contributed by atoms with Crippen molar-refractivity contribution in [2.24, 2.45) is 0 Å². The number of thioether (sulfide) groups is 2. The van der Waals surface area contributed by atoms with E-state index < -0.39 is 8.80 Å². The molecule has 0 spiro atoms. The highest BCUT2D eigenvalue weighted by molar-refractivity contribution is 8.46. The van der Waals surface area contributed by atoms with Gasteiger partial charge in [-0.1, -0.05) is 43.4 Å². The van der Waals surface area contributed by atoms with E-state index in [1.54, 1.807) is 23.5 Å². The Kier molecular flexibility index (Phi) is 11.5. The maximum absolute atomic E-state index is 5.94. The first kappa shape index (κ1) is 22.1. The maximum Gasteiger partial charge on any atom is 0.537 e. The Labute approximate surface area is 161 Å². The maximum atomic E-state index is 5.94. The van der Waals surface area contributed by atoms with Crippen molar-refractivity contribution in [3.05, 3.63) is 29.8 Å². The quantitative estimate of drug-likeness (QED) is 0.395. The molecule has 0 atom stereocenters. The first-order valence-corrected chi connectivity index (χ1v) is 12.5. The van der Waals surface area contributed by atoms with Crippen LogP contribution < -0.4 is 5.19 Å².